The number of hydrogen-bond donors (Lipinski definition) is 3. The first kappa shape index (κ1) is 21.1. The molecule has 1 aromatic carbocycles. The highest BCUT2D eigenvalue weighted by atomic mass is 79.9. The number of aromatic nitrogens is 2. The zero-order valence-electron chi connectivity index (χ0n) is 14.9. The van der Waals surface area contributed by atoms with E-state index < -0.39 is 33.2 Å². The van der Waals surface area contributed by atoms with Crippen molar-refractivity contribution in [1.82, 2.24) is 14.3 Å². The van der Waals surface area contributed by atoms with Crippen molar-refractivity contribution >= 4 is 37.5 Å². The van der Waals surface area contributed by atoms with Crippen molar-refractivity contribution in [2.24, 2.45) is 7.05 Å². The highest BCUT2D eigenvalue weighted by Gasteiger charge is 2.22. The Morgan fingerprint density at radius 1 is 1.33 bits per heavy atom. The van der Waals surface area contributed by atoms with Gasteiger partial charge in [0.25, 0.3) is 5.56 Å². The van der Waals surface area contributed by atoms with Gasteiger partial charge in [0, 0.05) is 30.2 Å². The summed E-state index contributed by atoms with van der Waals surface area (Å²) >= 11 is 3.22. The van der Waals surface area contributed by atoms with E-state index in [1.807, 2.05) is 6.92 Å². The fourth-order valence-corrected chi connectivity index (χ4v) is 4.76. The van der Waals surface area contributed by atoms with Gasteiger partial charge in [0.05, 0.1) is 4.90 Å². The predicted octanol–water partition coefficient (Wildman–Crippen LogP) is 0.840. The molecule has 2 rings (SSSR count). The van der Waals surface area contributed by atoms with Crippen LogP contribution in [0.3, 0.4) is 0 Å². The van der Waals surface area contributed by atoms with Crippen LogP contribution in [0.15, 0.2) is 43.4 Å². The smallest absolute Gasteiger partial charge is 0.320 e. The summed E-state index contributed by atoms with van der Waals surface area (Å²) in [4.78, 5) is 37.2. The number of benzene rings is 1. The van der Waals surface area contributed by atoms with Crippen molar-refractivity contribution in [3.05, 3.63) is 55.3 Å². The first-order chi connectivity index (χ1) is 12.5. The van der Waals surface area contributed by atoms with Gasteiger partial charge >= 0.3 is 5.69 Å². The Morgan fingerprint density at radius 3 is 2.63 bits per heavy atom. The van der Waals surface area contributed by atoms with Gasteiger partial charge in [0.15, 0.2) is 0 Å². The van der Waals surface area contributed by atoms with Crippen molar-refractivity contribution < 1.29 is 13.2 Å². The number of H-pyrrole nitrogens is 1. The lowest BCUT2D eigenvalue weighted by Crippen LogP contribution is -2.36. The molecular weight excluding hydrogens is 440 g/mol. The van der Waals surface area contributed by atoms with Crippen molar-refractivity contribution in [1.29, 1.82) is 0 Å². The Morgan fingerprint density at radius 2 is 2.00 bits per heavy atom. The number of amides is 1. The minimum Gasteiger partial charge on any atom is -0.320 e. The predicted molar refractivity (Wildman–Crippen MR) is 104 cm³/mol. The molecule has 0 spiro atoms. The normalized spacial score (nSPS) is 12.6. The van der Waals surface area contributed by atoms with Gasteiger partial charge in [0.1, 0.15) is 5.69 Å². The number of halogens is 1. The summed E-state index contributed by atoms with van der Waals surface area (Å²) in [6.07, 6.45) is 0.988. The van der Waals surface area contributed by atoms with E-state index >= 15 is 0 Å². The molecule has 1 unspecified atom stereocenters. The topological polar surface area (TPSA) is 130 Å². The molecule has 0 saturated heterocycles. The Labute approximate surface area is 164 Å². The van der Waals surface area contributed by atoms with Crippen LogP contribution in [-0.4, -0.2) is 29.9 Å². The second kappa shape index (κ2) is 8.19. The van der Waals surface area contributed by atoms with Crippen LogP contribution >= 0.6 is 15.9 Å². The average Bonchev–Trinajstić information content (AvgIpc) is 2.51. The minimum atomic E-state index is -3.84. The third-order valence-corrected chi connectivity index (χ3v) is 6.17. The number of hydrogen-bond acceptors (Lipinski definition) is 5. The van der Waals surface area contributed by atoms with E-state index in [0.29, 0.717) is 4.47 Å². The number of aryl methyl sites for hydroxylation is 2. The van der Waals surface area contributed by atoms with E-state index in [-0.39, 0.29) is 17.0 Å². The van der Waals surface area contributed by atoms with Crippen LogP contribution in [0.4, 0.5) is 5.69 Å². The highest BCUT2D eigenvalue weighted by Crippen LogP contribution is 2.23. The lowest BCUT2D eigenvalue weighted by molar-refractivity contribution is -0.116. The van der Waals surface area contributed by atoms with Crippen LogP contribution in [-0.2, 0) is 21.9 Å². The number of nitrogens with zero attached hydrogens (tertiary/aromatic N) is 1. The molecule has 146 valence electrons. The van der Waals surface area contributed by atoms with Gasteiger partial charge < -0.3 is 9.88 Å². The molecule has 27 heavy (non-hydrogen) atoms. The molecule has 0 saturated carbocycles. The van der Waals surface area contributed by atoms with Crippen LogP contribution in [0, 0.1) is 6.92 Å². The van der Waals surface area contributed by atoms with Crippen molar-refractivity contribution in [3.63, 3.8) is 0 Å². The molecule has 9 nitrogen and oxygen atoms in total. The molecular formula is C16H19BrN4O5S. The monoisotopic (exact) mass is 458 g/mol. The Kier molecular flexibility index (Phi) is 6.39. The van der Waals surface area contributed by atoms with E-state index in [0.717, 1.165) is 10.1 Å². The zero-order chi connectivity index (χ0) is 20.4. The largest absolute Gasteiger partial charge is 0.328 e. The summed E-state index contributed by atoms with van der Waals surface area (Å²) < 4.78 is 28.9. The fourth-order valence-electron chi connectivity index (χ4n) is 2.33. The summed E-state index contributed by atoms with van der Waals surface area (Å²) in [5.74, 6) is -0.572. The first-order valence-electron chi connectivity index (χ1n) is 7.88. The second-order valence-corrected chi connectivity index (χ2v) is 8.66. The summed E-state index contributed by atoms with van der Waals surface area (Å²) in [5.41, 5.74) is -0.541. The van der Waals surface area contributed by atoms with Gasteiger partial charge in [-0.25, -0.2) is 17.9 Å². The summed E-state index contributed by atoms with van der Waals surface area (Å²) in [5, 5.41) is 2.37. The maximum absolute atomic E-state index is 12.5. The van der Waals surface area contributed by atoms with E-state index in [2.05, 4.69) is 31.0 Å². The first-order valence-corrected chi connectivity index (χ1v) is 10.2. The molecule has 1 heterocycles. The number of sulfonamides is 1. The molecule has 3 N–H and O–H groups in total. The molecule has 0 radical (unpaired) electrons. The molecule has 0 aliphatic heterocycles. The summed E-state index contributed by atoms with van der Waals surface area (Å²) in [6.45, 7) is 3.37. The third kappa shape index (κ3) is 5.37. The van der Waals surface area contributed by atoms with Crippen LogP contribution in [0.5, 0.6) is 0 Å². The number of rotatable bonds is 6. The molecule has 1 aromatic heterocycles. The van der Waals surface area contributed by atoms with Gasteiger partial charge in [-0.2, -0.15) is 0 Å². The minimum absolute atomic E-state index is 0.0647. The van der Waals surface area contributed by atoms with Gasteiger partial charge in [-0.15, -0.1) is 0 Å². The van der Waals surface area contributed by atoms with E-state index in [4.69, 9.17) is 0 Å². The van der Waals surface area contributed by atoms with Gasteiger partial charge in [-0.3, -0.25) is 14.6 Å². The molecule has 0 bridgehead atoms. The number of carbonyl (C=O) groups is 1. The van der Waals surface area contributed by atoms with Gasteiger partial charge in [-0.1, -0.05) is 6.07 Å². The van der Waals surface area contributed by atoms with Crippen molar-refractivity contribution in [3.8, 4) is 0 Å². The molecule has 1 atom stereocenters. The molecule has 2 aromatic rings. The van der Waals surface area contributed by atoms with Crippen LogP contribution in [0.25, 0.3) is 0 Å². The Balaban J connectivity index is 2.07. The van der Waals surface area contributed by atoms with Crippen molar-refractivity contribution in [2.45, 2.75) is 31.2 Å². The quantitative estimate of drug-likeness (QED) is 0.590. The summed E-state index contributed by atoms with van der Waals surface area (Å²) in [6, 6.07) is 4.09. The van der Waals surface area contributed by atoms with Gasteiger partial charge in [0.2, 0.25) is 15.9 Å². The SMILES string of the molecule is Cc1ccc(S(=O)(=O)NC(C)CC(=O)Nc2cn(C)c(=O)[nH]c2=O)c(Br)c1. The molecule has 0 fully saturated rings. The van der Waals surface area contributed by atoms with Crippen LogP contribution < -0.4 is 21.3 Å². The van der Waals surface area contributed by atoms with E-state index in [1.165, 1.54) is 26.2 Å². The van der Waals surface area contributed by atoms with Crippen LogP contribution in [0.1, 0.15) is 18.9 Å². The Bertz CT molecular complexity index is 1090. The molecule has 0 aliphatic rings. The highest BCUT2D eigenvalue weighted by molar-refractivity contribution is 9.10. The fraction of sp³-hybridized carbons (Fsp3) is 0.312. The van der Waals surface area contributed by atoms with Gasteiger partial charge in [-0.05, 0) is 47.5 Å². The Hall–Kier alpha value is -2.24. The maximum atomic E-state index is 12.5. The number of anilines is 1. The standard InChI is InChI=1S/C16H19BrN4O5S/c1-9-4-5-13(11(17)6-9)27(25,26)20-10(2)7-14(22)18-12-8-21(3)16(24)19-15(12)23/h4-6,8,10,20H,7H2,1-3H3,(H,18,22)(H,19,23,24). The molecule has 1 amide bonds. The maximum Gasteiger partial charge on any atom is 0.328 e. The molecule has 11 heteroatoms. The van der Waals surface area contributed by atoms with E-state index in [9.17, 15) is 22.8 Å². The third-order valence-electron chi connectivity index (χ3n) is 3.61. The van der Waals surface area contributed by atoms with Crippen molar-refractivity contribution in [2.75, 3.05) is 5.32 Å². The zero-order valence-corrected chi connectivity index (χ0v) is 17.3. The van der Waals surface area contributed by atoms with E-state index in [1.54, 1.807) is 12.1 Å². The second-order valence-electron chi connectivity index (χ2n) is 6.12. The lowest BCUT2D eigenvalue weighted by Gasteiger charge is -2.15. The lowest BCUT2D eigenvalue weighted by atomic mass is 10.2. The van der Waals surface area contributed by atoms with Crippen LogP contribution in [0.2, 0.25) is 0 Å². The summed E-state index contributed by atoms with van der Waals surface area (Å²) in [7, 11) is -2.42. The molecule has 0 aliphatic carbocycles. The average molecular weight is 459 g/mol. The number of aromatic amines is 1. The number of carbonyl (C=O) groups excluding carboxylic acids is 1. The number of nitrogens with one attached hydrogen (secondary N) is 3.